The van der Waals surface area contributed by atoms with E-state index in [2.05, 4.69) is 0 Å². The molecule has 0 aliphatic heterocycles. The average Bonchev–Trinajstić information content (AvgIpc) is 2.82. The number of Topliss-reactive ketones (excluding diaryl/α,β-unsaturated/α-hetero) is 1. The third-order valence-corrected chi connectivity index (χ3v) is 3.22. The molecule has 0 unspecified atom stereocenters. The summed E-state index contributed by atoms with van der Waals surface area (Å²) >= 11 is 0. The molecular weight excluding hydrogens is 260 g/mol. The molecule has 0 saturated carbocycles. The monoisotopic (exact) mass is 271 g/mol. The number of halogens is 2. The fourth-order valence-corrected chi connectivity index (χ4v) is 2.18. The first-order valence-electron chi connectivity index (χ1n) is 6.17. The smallest absolute Gasteiger partial charge is 0.182 e. The molecular formula is C16H11F2NO. The van der Waals surface area contributed by atoms with E-state index in [4.69, 9.17) is 0 Å². The summed E-state index contributed by atoms with van der Waals surface area (Å²) in [6.45, 7) is 0.0958. The highest BCUT2D eigenvalue weighted by atomic mass is 19.1. The number of hydrogen-bond acceptors (Lipinski definition) is 1. The van der Waals surface area contributed by atoms with Crippen molar-refractivity contribution in [2.45, 2.75) is 6.54 Å². The van der Waals surface area contributed by atoms with Crippen LogP contribution in [-0.2, 0) is 6.54 Å². The second-order valence-electron chi connectivity index (χ2n) is 4.58. The summed E-state index contributed by atoms with van der Waals surface area (Å²) in [4.78, 5) is 12.1. The van der Waals surface area contributed by atoms with Gasteiger partial charge in [0.2, 0.25) is 0 Å². The third kappa shape index (κ3) is 2.32. The zero-order valence-corrected chi connectivity index (χ0v) is 10.5. The highest BCUT2D eigenvalue weighted by Gasteiger charge is 2.09. The minimum Gasteiger partial charge on any atom is -0.340 e. The minimum absolute atomic E-state index is 0.0958. The molecule has 2 aromatic carbocycles. The molecule has 0 bridgehead atoms. The molecule has 20 heavy (non-hydrogen) atoms. The van der Waals surface area contributed by atoms with Crippen LogP contribution in [0.15, 0.2) is 54.7 Å². The largest absolute Gasteiger partial charge is 0.340 e. The molecule has 0 radical (unpaired) electrons. The van der Waals surface area contributed by atoms with Crippen molar-refractivity contribution in [1.29, 1.82) is 0 Å². The van der Waals surface area contributed by atoms with Crippen LogP contribution in [0.5, 0.6) is 0 Å². The van der Waals surface area contributed by atoms with E-state index in [9.17, 15) is 13.6 Å². The first-order chi connectivity index (χ1) is 9.63. The van der Waals surface area contributed by atoms with Crippen LogP contribution in [0.3, 0.4) is 0 Å². The first-order valence-corrected chi connectivity index (χ1v) is 6.17. The molecule has 2 nitrogen and oxygen atoms in total. The Balaban J connectivity index is 1.91. The fraction of sp³-hybridized carbons (Fsp3) is 0.0625. The van der Waals surface area contributed by atoms with Crippen LogP contribution < -0.4 is 0 Å². The van der Waals surface area contributed by atoms with E-state index in [1.807, 2.05) is 6.07 Å². The number of aromatic nitrogens is 1. The Labute approximate surface area is 114 Å². The molecule has 0 aliphatic carbocycles. The maximum Gasteiger partial charge on any atom is 0.182 e. The summed E-state index contributed by atoms with van der Waals surface area (Å²) in [5.41, 5.74) is 1.10. The molecule has 3 aromatic rings. The van der Waals surface area contributed by atoms with Crippen molar-refractivity contribution in [3.8, 4) is 0 Å². The van der Waals surface area contributed by atoms with Crippen molar-refractivity contribution < 1.29 is 13.6 Å². The molecule has 1 aromatic heterocycles. The molecule has 0 aliphatic rings. The van der Waals surface area contributed by atoms with E-state index in [0.717, 1.165) is 5.39 Å². The number of nitrogens with zero attached hydrogens (tertiary/aromatic N) is 1. The maximum atomic E-state index is 13.3. The van der Waals surface area contributed by atoms with E-state index >= 15 is 0 Å². The van der Waals surface area contributed by atoms with Gasteiger partial charge in [-0.3, -0.25) is 4.79 Å². The number of hydrogen-bond donors (Lipinski definition) is 0. The summed E-state index contributed by atoms with van der Waals surface area (Å²) in [6.07, 6.45) is 1.74. The Hall–Kier alpha value is -2.49. The Morgan fingerprint density at radius 3 is 2.40 bits per heavy atom. The van der Waals surface area contributed by atoms with Gasteiger partial charge in [-0.25, -0.2) is 8.78 Å². The highest BCUT2D eigenvalue weighted by molar-refractivity contribution is 5.96. The predicted molar refractivity (Wildman–Crippen MR) is 72.6 cm³/mol. The van der Waals surface area contributed by atoms with Crippen molar-refractivity contribution in [1.82, 2.24) is 4.57 Å². The molecule has 0 atom stereocenters. The second-order valence-corrected chi connectivity index (χ2v) is 4.58. The van der Waals surface area contributed by atoms with Crippen molar-refractivity contribution in [3.05, 3.63) is 71.9 Å². The molecule has 0 fully saturated rings. The third-order valence-electron chi connectivity index (χ3n) is 3.22. The van der Waals surface area contributed by atoms with E-state index in [1.54, 1.807) is 16.8 Å². The van der Waals surface area contributed by atoms with Crippen LogP contribution in [0.4, 0.5) is 8.78 Å². The fourth-order valence-electron chi connectivity index (χ4n) is 2.18. The van der Waals surface area contributed by atoms with E-state index in [-0.39, 0.29) is 24.0 Å². The lowest BCUT2D eigenvalue weighted by atomic mass is 10.1. The predicted octanol–water partition coefficient (Wildman–Crippen LogP) is 3.80. The molecule has 3 rings (SSSR count). The van der Waals surface area contributed by atoms with Gasteiger partial charge in [-0.05, 0) is 53.9 Å². The van der Waals surface area contributed by atoms with Gasteiger partial charge in [0.25, 0.3) is 0 Å². The average molecular weight is 271 g/mol. The molecule has 0 N–H and O–H groups in total. The van der Waals surface area contributed by atoms with Crippen LogP contribution in [0.25, 0.3) is 10.9 Å². The Kier molecular flexibility index (Phi) is 3.06. The number of rotatable bonds is 3. The molecule has 1 heterocycles. The van der Waals surface area contributed by atoms with E-state index in [1.165, 1.54) is 36.4 Å². The maximum absolute atomic E-state index is 13.3. The normalized spacial score (nSPS) is 10.9. The number of fused-ring (bicyclic) bond motifs is 1. The van der Waals surface area contributed by atoms with Gasteiger partial charge in [0.05, 0.1) is 12.1 Å². The van der Waals surface area contributed by atoms with Gasteiger partial charge in [-0.1, -0.05) is 0 Å². The van der Waals surface area contributed by atoms with Crippen LogP contribution in [0.1, 0.15) is 10.4 Å². The number of carbonyl (C=O) groups is 1. The Bertz CT molecular complexity index is 775. The number of benzene rings is 2. The number of carbonyl (C=O) groups excluding carboxylic acids is 1. The molecule has 0 spiro atoms. The van der Waals surface area contributed by atoms with Gasteiger partial charge >= 0.3 is 0 Å². The summed E-state index contributed by atoms with van der Waals surface area (Å²) < 4.78 is 27.8. The van der Waals surface area contributed by atoms with Crippen LogP contribution in [-0.4, -0.2) is 10.4 Å². The van der Waals surface area contributed by atoms with Gasteiger partial charge in [-0.15, -0.1) is 0 Å². The van der Waals surface area contributed by atoms with Crippen LogP contribution in [0, 0.1) is 11.6 Å². The lowest BCUT2D eigenvalue weighted by molar-refractivity contribution is 0.0973. The number of ketones is 1. The van der Waals surface area contributed by atoms with Gasteiger partial charge in [0.1, 0.15) is 11.6 Å². The van der Waals surface area contributed by atoms with Crippen molar-refractivity contribution in [3.63, 3.8) is 0 Å². The van der Waals surface area contributed by atoms with E-state index in [0.29, 0.717) is 11.1 Å². The lowest BCUT2D eigenvalue weighted by Gasteiger charge is -2.05. The topological polar surface area (TPSA) is 22.0 Å². The van der Waals surface area contributed by atoms with Crippen LogP contribution >= 0.6 is 0 Å². The summed E-state index contributed by atoms with van der Waals surface area (Å²) in [5.74, 6) is -0.867. The second kappa shape index (κ2) is 4.89. The highest BCUT2D eigenvalue weighted by Crippen LogP contribution is 2.18. The molecule has 0 amide bonds. The minimum atomic E-state index is -0.380. The van der Waals surface area contributed by atoms with Gasteiger partial charge in [-0.2, -0.15) is 0 Å². The molecule has 100 valence electrons. The standard InChI is InChI=1S/C16H11F2NO/c17-13-4-2-12(3-5-13)16(20)10-19-8-7-11-1-6-14(18)9-15(11)19/h1-9H,10H2. The van der Waals surface area contributed by atoms with Crippen molar-refractivity contribution >= 4 is 16.7 Å². The van der Waals surface area contributed by atoms with Gasteiger partial charge in [0, 0.05) is 11.8 Å². The van der Waals surface area contributed by atoms with Gasteiger partial charge in [0.15, 0.2) is 5.78 Å². The van der Waals surface area contributed by atoms with Gasteiger partial charge < -0.3 is 4.57 Å². The molecule has 4 heteroatoms. The van der Waals surface area contributed by atoms with E-state index < -0.39 is 0 Å². The zero-order valence-electron chi connectivity index (χ0n) is 10.5. The Morgan fingerprint density at radius 2 is 1.65 bits per heavy atom. The molecule has 0 saturated heterocycles. The summed E-state index contributed by atoms with van der Waals surface area (Å²) in [5, 5.41) is 0.873. The first kappa shape index (κ1) is 12.5. The quantitative estimate of drug-likeness (QED) is 0.664. The lowest BCUT2D eigenvalue weighted by Crippen LogP contribution is -2.09. The summed E-state index contributed by atoms with van der Waals surface area (Å²) in [6, 6.07) is 11.7. The van der Waals surface area contributed by atoms with Crippen molar-refractivity contribution in [2.75, 3.05) is 0 Å². The van der Waals surface area contributed by atoms with Crippen LogP contribution in [0.2, 0.25) is 0 Å². The summed E-state index contributed by atoms with van der Waals surface area (Å²) in [7, 11) is 0. The Morgan fingerprint density at radius 1 is 0.950 bits per heavy atom. The van der Waals surface area contributed by atoms with Crippen molar-refractivity contribution in [2.24, 2.45) is 0 Å². The SMILES string of the molecule is O=C(Cn1ccc2ccc(F)cc21)c1ccc(F)cc1. The zero-order chi connectivity index (χ0) is 14.1.